The number of carbonyl (C=O) groups excluding carboxylic acids is 2. The van der Waals surface area contributed by atoms with Gasteiger partial charge in [-0.05, 0) is 43.3 Å². The number of allylic oxidation sites excluding steroid dienone is 5. The minimum absolute atomic E-state index is 0.0192. The third kappa shape index (κ3) is 4.60. The highest BCUT2D eigenvalue weighted by atomic mass is 16.6. The number of esters is 1. The molecule has 130 valence electrons. The molecule has 24 heavy (non-hydrogen) atoms. The molecule has 1 aliphatic carbocycles. The van der Waals surface area contributed by atoms with Gasteiger partial charge >= 0.3 is 5.97 Å². The Balaban J connectivity index is 1.93. The summed E-state index contributed by atoms with van der Waals surface area (Å²) in [6.45, 7) is 6.38. The van der Waals surface area contributed by atoms with E-state index in [9.17, 15) is 14.7 Å². The van der Waals surface area contributed by atoms with Crippen LogP contribution in [0.5, 0.6) is 0 Å². The highest BCUT2D eigenvalue weighted by Gasteiger charge is 2.26. The summed E-state index contributed by atoms with van der Waals surface area (Å²) >= 11 is 0. The van der Waals surface area contributed by atoms with Gasteiger partial charge in [-0.15, -0.1) is 0 Å². The highest BCUT2D eigenvalue weighted by molar-refractivity contribution is 5.94. The van der Waals surface area contributed by atoms with Crippen molar-refractivity contribution >= 4 is 11.8 Å². The predicted molar refractivity (Wildman–Crippen MR) is 89.9 cm³/mol. The van der Waals surface area contributed by atoms with E-state index in [4.69, 9.17) is 9.47 Å². The molecule has 0 aromatic carbocycles. The van der Waals surface area contributed by atoms with Gasteiger partial charge in [0.1, 0.15) is 18.6 Å². The summed E-state index contributed by atoms with van der Waals surface area (Å²) in [4.78, 5) is 23.2. The number of ketones is 1. The van der Waals surface area contributed by atoms with Crippen molar-refractivity contribution in [1.29, 1.82) is 0 Å². The van der Waals surface area contributed by atoms with Crippen molar-refractivity contribution in [2.45, 2.75) is 46.5 Å². The second-order valence-corrected chi connectivity index (χ2v) is 6.79. The molecule has 1 heterocycles. The first-order chi connectivity index (χ1) is 11.3. The molecule has 2 rings (SSSR count). The van der Waals surface area contributed by atoms with E-state index in [1.54, 1.807) is 0 Å². The van der Waals surface area contributed by atoms with Crippen molar-refractivity contribution in [3.63, 3.8) is 0 Å². The average Bonchev–Trinajstić information content (AvgIpc) is 2.67. The second kappa shape index (κ2) is 7.51. The van der Waals surface area contributed by atoms with Crippen LogP contribution in [0, 0.1) is 5.41 Å². The fourth-order valence-corrected chi connectivity index (χ4v) is 3.00. The van der Waals surface area contributed by atoms with Gasteiger partial charge in [-0.1, -0.05) is 25.5 Å². The lowest BCUT2D eigenvalue weighted by Crippen LogP contribution is -2.19. The fraction of sp³-hybridized carbons (Fsp3) is 0.474. The third-order valence-electron chi connectivity index (χ3n) is 4.41. The zero-order valence-corrected chi connectivity index (χ0v) is 14.4. The summed E-state index contributed by atoms with van der Waals surface area (Å²) in [7, 11) is 0. The maximum Gasteiger partial charge on any atom is 0.331 e. The van der Waals surface area contributed by atoms with Crippen LogP contribution in [0.15, 0.2) is 47.2 Å². The second-order valence-electron chi connectivity index (χ2n) is 6.79. The van der Waals surface area contributed by atoms with Crippen LogP contribution >= 0.6 is 0 Å². The predicted octanol–water partition coefficient (Wildman–Crippen LogP) is 3.89. The van der Waals surface area contributed by atoms with Crippen LogP contribution in [-0.4, -0.2) is 23.5 Å². The van der Waals surface area contributed by atoms with Crippen LogP contribution in [0.2, 0.25) is 0 Å². The summed E-state index contributed by atoms with van der Waals surface area (Å²) in [6.07, 6.45) is 9.08. The van der Waals surface area contributed by atoms with E-state index in [0.29, 0.717) is 5.76 Å². The van der Waals surface area contributed by atoms with E-state index in [1.165, 1.54) is 29.7 Å². The van der Waals surface area contributed by atoms with Gasteiger partial charge in [-0.2, -0.15) is 0 Å². The molecule has 0 aromatic heterocycles. The minimum atomic E-state index is -0.468. The number of aliphatic hydroxyl groups is 1. The average molecular weight is 332 g/mol. The minimum Gasteiger partial charge on any atom is -0.502 e. The fourth-order valence-electron chi connectivity index (χ4n) is 3.00. The smallest absolute Gasteiger partial charge is 0.331 e. The monoisotopic (exact) mass is 332 g/mol. The first kappa shape index (κ1) is 18.0. The molecule has 0 fully saturated rings. The van der Waals surface area contributed by atoms with E-state index in [2.05, 4.69) is 20.8 Å². The Morgan fingerprint density at radius 1 is 1.46 bits per heavy atom. The van der Waals surface area contributed by atoms with Gasteiger partial charge in [-0.25, -0.2) is 4.79 Å². The topological polar surface area (TPSA) is 72.8 Å². The van der Waals surface area contributed by atoms with E-state index in [0.717, 1.165) is 19.1 Å². The van der Waals surface area contributed by atoms with Crippen LogP contribution < -0.4 is 0 Å². The molecule has 1 N–H and O–H groups in total. The number of aliphatic hydroxyl groups excluding tert-OH is 1. The Bertz CT molecular complexity index is 647. The molecule has 0 atom stereocenters. The largest absolute Gasteiger partial charge is 0.502 e. The van der Waals surface area contributed by atoms with Gasteiger partial charge in [0.05, 0.1) is 0 Å². The lowest BCUT2D eigenvalue weighted by molar-refractivity contribution is -0.137. The van der Waals surface area contributed by atoms with Crippen LogP contribution in [0.25, 0.3) is 0 Å². The number of rotatable bonds is 4. The zero-order valence-electron chi connectivity index (χ0n) is 14.4. The molecular formula is C19H24O5. The first-order valence-corrected chi connectivity index (χ1v) is 8.12. The number of carbonyl (C=O) groups is 2. The Morgan fingerprint density at radius 2 is 2.21 bits per heavy atom. The van der Waals surface area contributed by atoms with Crippen molar-refractivity contribution in [3.05, 3.63) is 47.2 Å². The maximum absolute atomic E-state index is 11.9. The summed E-state index contributed by atoms with van der Waals surface area (Å²) in [5.74, 6) is -1.01. The number of hydrogen-bond acceptors (Lipinski definition) is 5. The molecule has 0 spiro atoms. The molecule has 0 unspecified atom stereocenters. The Morgan fingerprint density at radius 3 is 2.92 bits per heavy atom. The lowest BCUT2D eigenvalue weighted by atomic mass is 9.73. The summed E-state index contributed by atoms with van der Waals surface area (Å²) in [5.41, 5.74) is 2.56. The number of Topliss-reactive ketones (excluding diaryl/α,β-unsaturated/α-hetero) is 1. The zero-order chi connectivity index (χ0) is 17.7. The van der Waals surface area contributed by atoms with Crippen molar-refractivity contribution in [3.8, 4) is 0 Å². The SMILES string of the molecule is CC1=C(/C=C/C(=O)OCC2=CCC(=O)C(O)=CO2)C(C)(C)CCC1. The molecule has 2 aliphatic rings. The Labute approximate surface area is 142 Å². The number of hydrogen-bond donors (Lipinski definition) is 1. The van der Waals surface area contributed by atoms with Gasteiger partial charge in [0.15, 0.2) is 5.76 Å². The molecule has 1 aliphatic heterocycles. The van der Waals surface area contributed by atoms with Crippen LogP contribution in [-0.2, 0) is 19.1 Å². The van der Waals surface area contributed by atoms with Gasteiger partial charge < -0.3 is 14.6 Å². The third-order valence-corrected chi connectivity index (χ3v) is 4.41. The molecule has 5 nitrogen and oxygen atoms in total. The molecule has 0 saturated heterocycles. The molecule has 0 aromatic rings. The normalized spacial score (nSPS) is 21.0. The quantitative estimate of drug-likeness (QED) is 0.624. The van der Waals surface area contributed by atoms with Crippen molar-refractivity contribution < 1.29 is 24.2 Å². The Kier molecular flexibility index (Phi) is 5.65. The molecule has 0 bridgehead atoms. The van der Waals surface area contributed by atoms with Gasteiger partial charge in [0.25, 0.3) is 0 Å². The molecule has 0 radical (unpaired) electrons. The van der Waals surface area contributed by atoms with Crippen molar-refractivity contribution in [1.82, 2.24) is 0 Å². The van der Waals surface area contributed by atoms with Crippen LogP contribution in [0.1, 0.15) is 46.5 Å². The maximum atomic E-state index is 11.9. The van der Waals surface area contributed by atoms with Gasteiger partial charge in [0.2, 0.25) is 5.78 Å². The standard InChI is InChI=1S/C19H24O5/c1-13-5-4-10-19(2,3)15(13)7-9-18(22)24-11-14-6-8-16(20)17(21)12-23-14/h6-7,9,12,21H,4-5,8,10-11H2,1-3H3/b9-7+. The van der Waals surface area contributed by atoms with Gasteiger partial charge in [-0.3, -0.25) is 4.79 Å². The van der Waals surface area contributed by atoms with Gasteiger partial charge in [0, 0.05) is 12.5 Å². The van der Waals surface area contributed by atoms with E-state index >= 15 is 0 Å². The van der Waals surface area contributed by atoms with E-state index in [-0.39, 0.29) is 18.4 Å². The summed E-state index contributed by atoms with van der Waals surface area (Å²) < 4.78 is 10.2. The molecular weight excluding hydrogens is 308 g/mol. The molecule has 0 saturated carbocycles. The van der Waals surface area contributed by atoms with Crippen LogP contribution in [0.3, 0.4) is 0 Å². The van der Waals surface area contributed by atoms with E-state index in [1.807, 2.05) is 6.08 Å². The van der Waals surface area contributed by atoms with Crippen molar-refractivity contribution in [2.75, 3.05) is 6.61 Å². The number of ether oxygens (including phenoxy) is 2. The molecule has 5 heteroatoms. The van der Waals surface area contributed by atoms with E-state index < -0.39 is 17.5 Å². The van der Waals surface area contributed by atoms with Crippen molar-refractivity contribution in [2.24, 2.45) is 5.41 Å². The summed E-state index contributed by atoms with van der Waals surface area (Å²) in [5, 5.41) is 9.28. The van der Waals surface area contributed by atoms with Crippen LogP contribution in [0.4, 0.5) is 0 Å². The highest BCUT2D eigenvalue weighted by Crippen LogP contribution is 2.40. The Hall–Kier alpha value is -2.30. The first-order valence-electron chi connectivity index (χ1n) is 8.12. The molecule has 0 amide bonds. The lowest BCUT2D eigenvalue weighted by Gasteiger charge is -2.32. The summed E-state index contributed by atoms with van der Waals surface area (Å²) in [6, 6.07) is 0.